The number of nitrogens with one attached hydrogen (secondary N) is 1. The van der Waals surface area contributed by atoms with Crippen LogP contribution in [0, 0.1) is 11.3 Å². The Morgan fingerprint density at radius 1 is 1.50 bits per heavy atom. The Balaban J connectivity index is 2.55. The first-order valence-corrected chi connectivity index (χ1v) is 6.22. The lowest BCUT2D eigenvalue weighted by atomic mass is 10.2. The zero-order valence-corrected chi connectivity index (χ0v) is 10.6. The van der Waals surface area contributed by atoms with E-state index in [0.29, 0.717) is 18.5 Å². The van der Waals surface area contributed by atoms with Gasteiger partial charge in [-0.1, -0.05) is 12.1 Å². The number of benzene rings is 1. The Kier molecular flexibility index (Phi) is 6.30. The topological polar surface area (TPSA) is 65.2 Å². The molecule has 0 atom stereocenters. The van der Waals surface area contributed by atoms with Crippen LogP contribution in [-0.2, 0) is 10.5 Å². The third kappa shape index (κ3) is 4.85. The molecule has 0 saturated carbocycles. The smallest absolute Gasteiger partial charge is 0.207 e. The van der Waals surface area contributed by atoms with Gasteiger partial charge < -0.3 is 5.32 Å². The van der Waals surface area contributed by atoms with Gasteiger partial charge in [0.1, 0.15) is 0 Å². The Morgan fingerprint density at radius 3 is 2.78 bits per heavy atom. The lowest BCUT2D eigenvalue weighted by Crippen LogP contribution is -2.13. The first kappa shape index (κ1) is 14.0. The van der Waals surface area contributed by atoms with Crippen molar-refractivity contribution >= 4 is 24.9 Å². The molecule has 1 N–H and O–H groups in total. The van der Waals surface area contributed by atoms with Gasteiger partial charge in [-0.3, -0.25) is 9.79 Å². The highest BCUT2D eigenvalue weighted by Gasteiger charge is 2.00. The van der Waals surface area contributed by atoms with Crippen molar-refractivity contribution in [1.29, 1.82) is 5.26 Å². The minimum absolute atomic E-state index is 0.448. The number of hydrogen-bond donors (Lipinski definition) is 1. The van der Waals surface area contributed by atoms with Gasteiger partial charge in [-0.05, 0) is 24.4 Å². The molecule has 1 aromatic rings. The van der Waals surface area contributed by atoms with Crippen molar-refractivity contribution in [1.82, 2.24) is 5.32 Å². The van der Waals surface area contributed by atoms with Gasteiger partial charge >= 0.3 is 0 Å². The molecule has 1 amide bonds. The van der Waals surface area contributed by atoms with Crippen LogP contribution < -0.4 is 5.32 Å². The predicted octanol–water partition coefficient (Wildman–Crippen LogP) is 2.08. The maximum Gasteiger partial charge on any atom is 0.207 e. The van der Waals surface area contributed by atoms with E-state index in [1.807, 2.05) is 12.1 Å². The molecule has 5 heteroatoms. The van der Waals surface area contributed by atoms with Crippen LogP contribution in [0.3, 0.4) is 0 Å². The molecule has 0 aliphatic rings. The molecule has 18 heavy (non-hydrogen) atoms. The average molecular weight is 259 g/mol. The van der Waals surface area contributed by atoms with Crippen LogP contribution in [0.25, 0.3) is 0 Å². The van der Waals surface area contributed by atoms with Gasteiger partial charge in [0.2, 0.25) is 6.41 Å². The zero-order chi connectivity index (χ0) is 13.2. The number of hydrogen-bond acceptors (Lipinski definition) is 4. The highest BCUT2D eigenvalue weighted by Crippen LogP contribution is 2.21. The number of nitriles is 1. The summed E-state index contributed by atoms with van der Waals surface area (Å²) in [6.45, 7) is 3.84. The van der Waals surface area contributed by atoms with E-state index in [2.05, 4.69) is 23.1 Å². The summed E-state index contributed by atoms with van der Waals surface area (Å²) >= 11 is 1.58. The Hall–Kier alpha value is -2.06. The number of aliphatic imine (C=N–C) groups is 1. The van der Waals surface area contributed by atoms with Crippen molar-refractivity contribution in [2.24, 2.45) is 4.99 Å². The number of carbonyl (C=O) groups is 1. The summed E-state index contributed by atoms with van der Waals surface area (Å²) in [7, 11) is 0. The average Bonchev–Trinajstić information content (AvgIpc) is 2.42. The van der Waals surface area contributed by atoms with E-state index in [4.69, 9.17) is 5.26 Å². The first-order chi connectivity index (χ1) is 8.80. The minimum atomic E-state index is 0.448. The molecule has 0 heterocycles. The second-order valence-electron chi connectivity index (χ2n) is 3.37. The molecule has 0 spiro atoms. The summed E-state index contributed by atoms with van der Waals surface area (Å²) in [5.41, 5.74) is 1.76. The van der Waals surface area contributed by atoms with Gasteiger partial charge in [0.25, 0.3) is 0 Å². The van der Waals surface area contributed by atoms with Crippen LogP contribution in [0.4, 0.5) is 0 Å². The van der Waals surface area contributed by atoms with E-state index in [0.717, 1.165) is 16.2 Å². The van der Waals surface area contributed by atoms with Gasteiger partial charge in [-0.15, -0.1) is 11.8 Å². The molecule has 1 rings (SSSR count). The minimum Gasteiger partial charge on any atom is -0.354 e. The fourth-order valence-electron chi connectivity index (χ4n) is 1.23. The number of carbonyl (C=O) groups excluding carboxylic acids is 1. The Bertz CT molecular complexity index is 474. The molecular formula is C13H13N3OS. The van der Waals surface area contributed by atoms with Crippen molar-refractivity contribution in [2.45, 2.75) is 5.75 Å². The lowest BCUT2D eigenvalue weighted by molar-refractivity contribution is -0.109. The van der Waals surface area contributed by atoms with Gasteiger partial charge in [0.15, 0.2) is 0 Å². The maximum absolute atomic E-state index is 10.2. The molecule has 92 valence electrons. The number of thioether (sulfide) groups is 1. The van der Waals surface area contributed by atoms with E-state index in [1.165, 1.54) is 0 Å². The van der Waals surface area contributed by atoms with Crippen LogP contribution in [0.1, 0.15) is 11.1 Å². The molecule has 0 aromatic heterocycles. The van der Waals surface area contributed by atoms with Gasteiger partial charge in [0, 0.05) is 23.4 Å². The van der Waals surface area contributed by atoms with Crippen molar-refractivity contribution < 1.29 is 4.79 Å². The molecular weight excluding hydrogens is 246 g/mol. The van der Waals surface area contributed by atoms with Gasteiger partial charge in [-0.25, -0.2) is 0 Å². The number of amides is 1. The quantitative estimate of drug-likeness (QED) is 0.602. The first-order valence-electron chi connectivity index (χ1n) is 5.24. The third-order valence-corrected chi connectivity index (χ3v) is 3.20. The van der Waals surface area contributed by atoms with E-state index >= 15 is 0 Å². The standard InChI is InChI=1S/C13H13N3OS/c1-15-7-13(8-16-10-17)18-9-12-4-2-11(6-14)3-5-12/h2-5,7,10H,1,8-9H2,(H,16,17)/b13-7-. The molecule has 0 saturated heterocycles. The molecule has 0 bridgehead atoms. The third-order valence-electron chi connectivity index (χ3n) is 2.10. The fraction of sp³-hybridized carbons (Fsp3) is 0.154. The van der Waals surface area contributed by atoms with Crippen LogP contribution in [0.5, 0.6) is 0 Å². The summed E-state index contributed by atoms with van der Waals surface area (Å²) in [6.07, 6.45) is 2.28. The Labute approximate surface area is 110 Å². The predicted molar refractivity (Wildman–Crippen MR) is 74.2 cm³/mol. The van der Waals surface area contributed by atoms with E-state index in [1.54, 1.807) is 30.1 Å². The van der Waals surface area contributed by atoms with Gasteiger partial charge in [0.05, 0.1) is 11.6 Å². The summed E-state index contributed by atoms with van der Waals surface area (Å²) in [5.74, 6) is 0.758. The summed E-state index contributed by atoms with van der Waals surface area (Å²) in [6, 6.07) is 9.48. The van der Waals surface area contributed by atoms with Crippen molar-refractivity contribution in [3.05, 3.63) is 46.5 Å². The lowest BCUT2D eigenvalue weighted by Gasteiger charge is -2.05. The molecule has 1 aromatic carbocycles. The highest BCUT2D eigenvalue weighted by atomic mass is 32.2. The second-order valence-corrected chi connectivity index (χ2v) is 4.48. The molecule has 0 unspecified atom stereocenters. The van der Waals surface area contributed by atoms with E-state index < -0.39 is 0 Å². The molecule has 0 radical (unpaired) electrons. The van der Waals surface area contributed by atoms with Crippen LogP contribution >= 0.6 is 11.8 Å². The molecule has 0 aliphatic heterocycles. The zero-order valence-electron chi connectivity index (χ0n) is 9.80. The number of nitrogens with zero attached hydrogens (tertiary/aromatic N) is 2. The van der Waals surface area contributed by atoms with Crippen molar-refractivity contribution in [3.63, 3.8) is 0 Å². The summed E-state index contributed by atoms with van der Waals surface area (Å²) < 4.78 is 0. The van der Waals surface area contributed by atoms with Crippen LogP contribution in [-0.4, -0.2) is 19.7 Å². The monoisotopic (exact) mass is 259 g/mol. The molecule has 4 nitrogen and oxygen atoms in total. The normalized spacial score (nSPS) is 10.5. The molecule has 0 aliphatic carbocycles. The van der Waals surface area contributed by atoms with E-state index in [9.17, 15) is 4.79 Å². The number of rotatable bonds is 7. The van der Waals surface area contributed by atoms with Crippen molar-refractivity contribution in [3.8, 4) is 6.07 Å². The molecule has 0 fully saturated rings. The SMILES string of the molecule is C=N/C=C(/CNC=O)SCc1ccc(C#N)cc1. The van der Waals surface area contributed by atoms with Crippen LogP contribution in [0.2, 0.25) is 0 Å². The largest absolute Gasteiger partial charge is 0.354 e. The van der Waals surface area contributed by atoms with Gasteiger partial charge in [-0.2, -0.15) is 5.26 Å². The summed E-state index contributed by atoms with van der Waals surface area (Å²) in [4.78, 5) is 14.9. The summed E-state index contributed by atoms with van der Waals surface area (Å²) in [5, 5.41) is 11.3. The van der Waals surface area contributed by atoms with E-state index in [-0.39, 0.29) is 0 Å². The fourth-order valence-corrected chi connectivity index (χ4v) is 2.11. The second kappa shape index (κ2) is 8.09. The maximum atomic E-state index is 10.2. The highest BCUT2D eigenvalue weighted by molar-refractivity contribution is 8.02. The van der Waals surface area contributed by atoms with Crippen molar-refractivity contribution in [2.75, 3.05) is 6.54 Å². The van der Waals surface area contributed by atoms with Crippen LogP contribution in [0.15, 0.2) is 40.4 Å². The Morgan fingerprint density at radius 2 is 2.22 bits per heavy atom.